The van der Waals surface area contributed by atoms with Crippen molar-refractivity contribution in [2.24, 2.45) is 5.41 Å². The van der Waals surface area contributed by atoms with Crippen LogP contribution in [0.5, 0.6) is 0 Å². The van der Waals surface area contributed by atoms with Crippen LogP contribution in [0.1, 0.15) is 83.8 Å². The third kappa shape index (κ3) is 6.73. The Kier molecular flexibility index (Phi) is 9.71. The first-order valence-corrected chi connectivity index (χ1v) is 14.3. The molecule has 1 aromatic carbocycles. The maximum Gasteiger partial charge on any atom is 0.439 e. The Morgan fingerprint density at radius 2 is 1.83 bits per heavy atom. The van der Waals surface area contributed by atoms with Crippen molar-refractivity contribution < 1.29 is 18.4 Å². The fraction of sp³-hybridized carbons (Fsp3) is 0.625. The number of carbonyl (C=O) groups is 1. The zero-order valence-electron chi connectivity index (χ0n) is 19.2. The second-order valence-electron chi connectivity index (χ2n) is 8.45. The molecule has 0 bridgehead atoms. The van der Waals surface area contributed by atoms with Crippen LogP contribution < -0.4 is 0 Å². The van der Waals surface area contributed by atoms with Crippen LogP contribution in [0.4, 0.5) is 0 Å². The maximum atomic E-state index is 13.5. The number of hydrogen-bond donors (Lipinski definition) is 0. The van der Waals surface area contributed by atoms with E-state index < -0.39 is 6.80 Å². The van der Waals surface area contributed by atoms with Crippen LogP contribution in [0.3, 0.4) is 0 Å². The Hall–Kier alpha value is -1.03. The molecule has 0 radical (unpaired) electrons. The number of ketones is 1. The first kappa shape index (κ1) is 25.2. The Labute approximate surface area is 186 Å². The molecule has 6 heteroatoms. The Morgan fingerprint density at radius 3 is 2.47 bits per heavy atom. The number of rotatable bonds is 12. The standard InChI is InChI=1S/C24H37O4PS/c1-6-9-12-15-24(5)17-21(25)23(20-14-11-10-13-19(20)4)22(18-24)28-29(26,27-8-3)30-16-7-2/h10-11,13-14H,6-9,12,15-18H2,1-5H3. The van der Waals surface area contributed by atoms with Crippen molar-refractivity contribution in [1.29, 1.82) is 0 Å². The molecule has 168 valence electrons. The highest BCUT2D eigenvalue weighted by molar-refractivity contribution is 8.55. The van der Waals surface area contributed by atoms with Crippen molar-refractivity contribution in [1.82, 2.24) is 0 Å². The molecule has 30 heavy (non-hydrogen) atoms. The first-order valence-electron chi connectivity index (χ1n) is 11.2. The van der Waals surface area contributed by atoms with Gasteiger partial charge in [0.1, 0.15) is 5.76 Å². The van der Waals surface area contributed by atoms with Gasteiger partial charge in [0.05, 0.1) is 12.2 Å². The smallest absolute Gasteiger partial charge is 0.421 e. The van der Waals surface area contributed by atoms with Gasteiger partial charge in [0, 0.05) is 18.6 Å². The third-order valence-electron chi connectivity index (χ3n) is 5.49. The number of hydrogen-bond acceptors (Lipinski definition) is 5. The molecule has 0 amide bonds. The van der Waals surface area contributed by atoms with E-state index in [4.69, 9.17) is 9.05 Å². The lowest BCUT2D eigenvalue weighted by molar-refractivity contribution is -0.116. The molecular formula is C24H37O4PS. The number of carbonyl (C=O) groups excluding carboxylic acids is 1. The minimum Gasteiger partial charge on any atom is -0.421 e. The zero-order chi connectivity index (χ0) is 22.2. The molecule has 0 saturated heterocycles. The molecule has 0 saturated carbocycles. The summed E-state index contributed by atoms with van der Waals surface area (Å²) in [7, 11) is 0. The predicted octanol–water partition coefficient (Wildman–Crippen LogP) is 7.96. The quantitative estimate of drug-likeness (QED) is 0.238. The van der Waals surface area contributed by atoms with Crippen molar-refractivity contribution in [3.63, 3.8) is 0 Å². The third-order valence-corrected chi connectivity index (χ3v) is 9.46. The van der Waals surface area contributed by atoms with Gasteiger partial charge in [-0.2, -0.15) is 0 Å². The highest BCUT2D eigenvalue weighted by atomic mass is 32.7. The molecule has 0 fully saturated rings. The van der Waals surface area contributed by atoms with E-state index in [1.165, 1.54) is 11.4 Å². The summed E-state index contributed by atoms with van der Waals surface area (Å²) in [5.74, 6) is 1.31. The van der Waals surface area contributed by atoms with Crippen LogP contribution in [-0.4, -0.2) is 18.1 Å². The van der Waals surface area contributed by atoms with Gasteiger partial charge in [-0.05, 0) is 54.6 Å². The van der Waals surface area contributed by atoms with Gasteiger partial charge in [0.15, 0.2) is 5.78 Å². The minimum absolute atomic E-state index is 0.0769. The largest absolute Gasteiger partial charge is 0.439 e. The van der Waals surface area contributed by atoms with Crippen molar-refractivity contribution in [2.75, 3.05) is 12.4 Å². The fourth-order valence-corrected chi connectivity index (χ4v) is 7.48. The molecular weight excluding hydrogens is 415 g/mol. The lowest BCUT2D eigenvalue weighted by Crippen LogP contribution is -2.29. The van der Waals surface area contributed by atoms with Gasteiger partial charge in [-0.3, -0.25) is 9.32 Å². The van der Waals surface area contributed by atoms with Gasteiger partial charge in [0.2, 0.25) is 0 Å². The van der Waals surface area contributed by atoms with E-state index in [0.717, 1.165) is 43.2 Å². The summed E-state index contributed by atoms with van der Waals surface area (Å²) in [4.78, 5) is 13.4. The average molecular weight is 453 g/mol. The molecule has 2 rings (SSSR count). The molecule has 0 aromatic heterocycles. The summed E-state index contributed by atoms with van der Waals surface area (Å²) in [6, 6.07) is 7.85. The van der Waals surface area contributed by atoms with E-state index in [1.807, 2.05) is 45.0 Å². The van der Waals surface area contributed by atoms with Crippen LogP contribution in [0.2, 0.25) is 0 Å². The van der Waals surface area contributed by atoms with Gasteiger partial charge in [-0.25, -0.2) is 4.57 Å². The summed E-state index contributed by atoms with van der Waals surface area (Å²) in [6.45, 7) is 7.12. The monoisotopic (exact) mass is 452 g/mol. The normalized spacial score (nSPS) is 21.6. The van der Waals surface area contributed by atoms with Crippen molar-refractivity contribution >= 4 is 29.5 Å². The fourth-order valence-electron chi connectivity index (χ4n) is 3.97. The topological polar surface area (TPSA) is 52.6 Å². The summed E-state index contributed by atoms with van der Waals surface area (Å²) in [6.07, 6.45) is 6.32. The number of allylic oxidation sites excluding steroid dienone is 2. The summed E-state index contributed by atoms with van der Waals surface area (Å²) >= 11 is 1.23. The van der Waals surface area contributed by atoms with Gasteiger partial charge >= 0.3 is 6.80 Å². The van der Waals surface area contributed by atoms with Crippen LogP contribution in [0.25, 0.3) is 5.57 Å². The van der Waals surface area contributed by atoms with Crippen molar-refractivity contribution in [3.8, 4) is 0 Å². The zero-order valence-corrected chi connectivity index (χ0v) is 20.9. The first-order chi connectivity index (χ1) is 14.3. The van der Waals surface area contributed by atoms with Crippen LogP contribution in [0, 0.1) is 12.3 Å². The Bertz CT molecular complexity index is 804. The Balaban J connectivity index is 2.49. The van der Waals surface area contributed by atoms with Crippen LogP contribution >= 0.6 is 18.2 Å². The van der Waals surface area contributed by atoms with Gasteiger partial charge in [0.25, 0.3) is 0 Å². The molecule has 1 aliphatic carbocycles. The summed E-state index contributed by atoms with van der Waals surface area (Å²) in [5, 5.41) is 0. The SMILES string of the molecule is CCCCCC1(C)CC(=O)C(c2ccccc2C)=C(OP(=O)(OCC)SCCC)C1. The lowest BCUT2D eigenvalue weighted by Gasteiger charge is -2.36. The van der Waals surface area contributed by atoms with Crippen LogP contribution in [0.15, 0.2) is 30.0 Å². The van der Waals surface area contributed by atoms with Crippen molar-refractivity contribution in [3.05, 3.63) is 41.2 Å². The van der Waals surface area contributed by atoms with Gasteiger partial charge < -0.3 is 4.52 Å². The molecule has 1 aliphatic rings. The van der Waals surface area contributed by atoms with E-state index >= 15 is 0 Å². The van der Waals surface area contributed by atoms with Gasteiger partial charge in [-0.15, -0.1) is 0 Å². The summed E-state index contributed by atoms with van der Waals surface area (Å²) in [5.41, 5.74) is 2.29. The molecule has 0 heterocycles. The van der Waals surface area contributed by atoms with E-state index in [-0.39, 0.29) is 11.2 Å². The maximum absolute atomic E-state index is 13.5. The highest BCUT2D eigenvalue weighted by Gasteiger charge is 2.40. The predicted molar refractivity (Wildman–Crippen MR) is 128 cm³/mol. The molecule has 4 nitrogen and oxygen atoms in total. The molecule has 2 unspecified atom stereocenters. The molecule has 0 aliphatic heterocycles. The minimum atomic E-state index is -3.39. The average Bonchev–Trinajstić information content (AvgIpc) is 2.67. The molecule has 1 aromatic rings. The molecule has 0 spiro atoms. The molecule has 2 atom stereocenters. The summed E-state index contributed by atoms with van der Waals surface area (Å²) < 4.78 is 25.2. The number of benzene rings is 1. The van der Waals surface area contributed by atoms with E-state index in [2.05, 4.69) is 13.8 Å². The number of Topliss-reactive ketones (excluding diaryl/α,β-unsaturated/α-hetero) is 1. The van der Waals surface area contributed by atoms with E-state index in [9.17, 15) is 9.36 Å². The van der Waals surface area contributed by atoms with Crippen molar-refractivity contribution in [2.45, 2.75) is 79.6 Å². The van der Waals surface area contributed by atoms with Gasteiger partial charge in [-0.1, -0.05) is 64.3 Å². The number of aryl methyl sites for hydroxylation is 1. The highest BCUT2D eigenvalue weighted by Crippen LogP contribution is 2.64. The number of unbranched alkanes of at least 4 members (excludes halogenated alkanes) is 2. The second-order valence-corrected chi connectivity index (χ2v) is 12.6. The molecule has 0 N–H and O–H groups in total. The van der Waals surface area contributed by atoms with E-state index in [0.29, 0.717) is 36.5 Å². The second kappa shape index (κ2) is 11.5. The van der Waals surface area contributed by atoms with Crippen LogP contribution in [-0.2, 0) is 18.4 Å². The van der Waals surface area contributed by atoms with E-state index in [1.54, 1.807) is 0 Å². The lowest BCUT2D eigenvalue weighted by atomic mass is 9.70. The Morgan fingerprint density at radius 1 is 1.10 bits per heavy atom.